The monoisotopic (exact) mass is 368 g/mol. The molecule has 0 spiro atoms. The van der Waals surface area contributed by atoms with Gasteiger partial charge in [-0.05, 0) is 28.1 Å². The van der Waals surface area contributed by atoms with Crippen molar-refractivity contribution in [3.63, 3.8) is 0 Å². The van der Waals surface area contributed by atoms with Crippen LogP contribution in [0.5, 0.6) is 0 Å². The fraction of sp³-hybridized carbons (Fsp3) is 0. The summed E-state index contributed by atoms with van der Waals surface area (Å²) in [5, 5.41) is 7.41. The van der Waals surface area contributed by atoms with E-state index in [-0.39, 0.29) is 9.47 Å². The zero-order chi connectivity index (χ0) is 13.3. The van der Waals surface area contributed by atoms with Crippen LogP contribution in [-0.4, -0.2) is 18.6 Å². The Labute approximate surface area is 120 Å². The van der Waals surface area contributed by atoms with Crippen molar-refractivity contribution >= 4 is 59.7 Å². The summed E-state index contributed by atoms with van der Waals surface area (Å²) in [6.45, 7) is 0. The second-order valence-electron chi connectivity index (χ2n) is 3.11. The third kappa shape index (κ3) is 2.74. The van der Waals surface area contributed by atoms with Crippen LogP contribution in [0.1, 0.15) is 0 Å². The van der Waals surface area contributed by atoms with E-state index in [1.807, 2.05) is 0 Å². The maximum absolute atomic E-state index is 12.0. The van der Waals surface area contributed by atoms with E-state index < -0.39 is 10.0 Å². The van der Waals surface area contributed by atoms with Gasteiger partial charge in [-0.3, -0.25) is 4.72 Å². The number of hydrogen-bond acceptors (Lipinski definition) is 6. The zero-order valence-corrected chi connectivity index (χ0v) is 12.6. The van der Waals surface area contributed by atoms with Gasteiger partial charge in [0.1, 0.15) is 0 Å². The van der Waals surface area contributed by atoms with Crippen LogP contribution in [0.2, 0.25) is 5.02 Å². The number of nitrogens with zero attached hydrogens (tertiary/aromatic N) is 2. The molecule has 6 nitrogen and oxygen atoms in total. The summed E-state index contributed by atoms with van der Waals surface area (Å²) in [5.41, 5.74) is 5.66. The van der Waals surface area contributed by atoms with Crippen LogP contribution in [0.15, 0.2) is 27.0 Å². The number of nitrogens with two attached hydrogens (primary N) is 1. The number of rotatable bonds is 3. The maximum Gasteiger partial charge on any atom is 0.291 e. The van der Waals surface area contributed by atoms with E-state index in [9.17, 15) is 8.42 Å². The van der Waals surface area contributed by atoms with Crippen LogP contribution in [0.25, 0.3) is 0 Å². The normalized spacial score (nSPS) is 11.4. The lowest BCUT2D eigenvalue weighted by molar-refractivity contribution is 0.599. The second-order valence-corrected chi connectivity index (χ2v) is 7.18. The molecule has 96 valence electrons. The summed E-state index contributed by atoms with van der Waals surface area (Å²) in [5.74, 6) is 0. The molecule has 3 N–H and O–H groups in total. The van der Waals surface area contributed by atoms with Crippen LogP contribution in [-0.2, 0) is 10.0 Å². The average molecular weight is 370 g/mol. The van der Waals surface area contributed by atoms with Crippen molar-refractivity contribution in [2.75, 3.05) is 10.5 Å². The molecule has 1 aromatic heterocycles. The van der Waals surface area contributed by atoms with Gasteiger partial charge in [-0.1, -0.05) is 29.0 Å². The first-order chi connectivity index (χ1) is 8.40. The van der Waals surface area contributed by atoms with Crippen molar-refractivity contribution in [3.8, 4) is 0 Å². The van der Waals surface area contributed by atoms with E-state index in [2.05, 4.69) is 30.8 Å². The van der Waals surface area contributed by atoms with Gasteiger partial charge in [0.15, 0.2) is 0 Å². The Morgan fingerprint density at radius 3 is 2.72 bits per heavy atom. The molecule has 18 heavy (non-hydrogen) atoms. The largest absolute Gasteiger partial charge is 0.374 e. The van der Waals surface area contributed by atoms with Crippen LogP contribution in [0.3, 0.4) is 0 Å². The van der Waals surface area contributed by atoms with Crippen molar-refractivity contribution < 1.29 is 8.42 Å². The third-order valence-electron chi connectivity index (χ3n) is 1.85. The molecular formula is C8H6BrClN4O2S2. The number of aromatic nitrogens is 2. The topological polar surface area (TPSA) is 98.0 Å². The van der Waals surface area contributed by atoms with Crippen LogP contribution >= 0.6 is 38.9 Å². The smallest absolute Gasteiger partial charge is 0.291 e. The molecule has 0 saturated carbocycles. The molecule has 0 bridgehead atoms. The van der Waals surface area contributed by atoms with Crippen LogP contribution in [0.4, 0.5) is 10.8 Å². The predicted molar refractivity (Wildman–Crippen MR) is 74.3 cm³/mol. The van der Waals surface area contributed by atoms with Crippen molar-refractivity contribution in [3.05, 3.63) is 27.7 Å². The number of benzene rings is 1. The maximum atomic E-state index is 12.0. The standard InChI is InChI=1S/C8H6BrClN4O2S2/c9-6-4(10)2-1-3-5(6)14-18(15,16)8-13-12-7(11)17-8/h1-3,14H,(H2,11,12). The van der Waals surface area contributed by atoms with Gasteiger partial charge in [-0.15, -0.1) is 10.2 Å². The number of halogens is 2. The van der Waals surface area contributed by atoms with E-state index in [0.29, 0.717) is 15.2 Å². The number of sulfonamides is 1. The highest BCUT2D eigenvalue weighted by Gasteiger charge is 2.21. The molecule has 0 radical (unpaired) electrons. The highest BCUT2D eigenvalue weighted by atomic mass is 79.9. The van der Waals surface area contributed by atoms with Crippen LogP contribution in [0, 0.1) is 0 Å². The molecule has 0 fully saturated rings. The minimum atomic E-state index is -3.81. The van der Waals surface area contributed by atoms with E-state index in [0.717, 1.165) is 11.3 Å². The Morgan fingerprint density at radius 2 is 2.11 bits per heavy atom. The van der Waals surface area contributed by atoms with Gasteiger partial charge < -0.3 is 5.73 Å². The molecule has 0 unspecified atom stereocenters. The molecule has 0 atom stereocenters. The van der Waals surface area contributed by atoms with Crippen molar-refractivity contribution in [2.24, 2.45) is 0 Å². The molecule has 1 heterocycles. The van der Waals surface area contributed by atoms with E-state index in [1.54, 1.807) is 18.2 Å². The highest BCUT2D eigenvalue weighted by molar-refractivity contribution is 9.10. The van der Waals surface area contributed by atoms with Crippen molar-refractivity contribution in [1.29, 1.82) is 0 Å². The van der Waals surface area contributed by atoms with E-state index in [4.69, 9.17) is 17.3 Å². The molecule has 1 aromatic carbocycles. The van der Waals surface area contributed by atoms with Gasteiger partial charge in [-0.2, -0.15) is 8.42 Å². The van der Waals surface area contributed by atoms with Crippen molar-refractivity contribution in [2.45, 2.75) is 4.34 Å². The fourth-order valence-electron chi connectivity index (χ4n) is 1.10. The van der Waals surface area contributed by atoms with Crippen LogP contribution < -0.4 is 10.5 Å². The molecule has 10 heteroatoms. The fourth-order valence-corrected chi connectivity index (χ4v) is 3.63. The Morgan fingerprint density at radius 1 is 1.39 bits per heavy atom. The van der Waals surface area contributed by atoms with Gasteiger partial charge in [0.2, 0.25) is 5.13 Å². The first-order valence-corrected chi connectivity index (χ1v) is 7.93. The van der Waals surface area contributed by atoms with Gasteiger partial charge in [-0.25, -0.2) is 0 Å². The van der Waals surface area contributed by atoms with Gasteiger partial charge in [0.05, 0.1) is 15.2 Å². The molecular weight excluding hydrogens is 364 g/mol. The summed E-state index contributed by atoms with van der Waals surface area (Å²) in [4.78, 5) is 0. The molecule has 2 aromatic rings. The van der Waals surface area contributed by atoms with Gasteiger partial charge in [0, 0.05) is 0 Å². The number of hydrogen-bond donors (Lipinski definition) is 2. The minimum Gasteiger partial charge on any atom is -0.374 e. The van der Waals surface area contributed by atoms with E-state index >= 15 is 0 Å². The highest BCUT2D eigenvalue weighted by Crippen LogP contribution is 2.31. The molecule has 0 aliphatic carbocycles. The van der Waals surface area contributed by atoms with Gasteiger partial charge in [0.25, 0.3) is 14.4 Å². The summed E-state index contributed by atoms with van der Waals surface area (Å²) in [7, 11) is -3.81. The predicted octanol–water partition coefficient (Wildman–Crippen LogP) is 2.34. The summed E-state index contributed by atoms with van der Waals surface area (Å²) in [6.07, 6.45) is 0. The molecule has 0 aliphatic heterocycles. The summed E-state index contributed by atoms with van der Waals surface area (Å²) >= 11 is 9.84. The molecule has 2 rings (SSSR count). The Hall–Kier alpha value is -0.900. The number of nitrogens with one attached hydrogen (secondary N) is 1. The number of nitrogen functional groups attached to an aromatic ring is 1. The second kappa shape index (κ2) is 5.00. The first-order valence-electron chi connectivity index (χ1n) is 4.46. The quantitative estimate of drug-likeness (QED) is 0.865. The Balaban J connectivity index is 2.37. The summed E-state index contributed by atoms with van der Waals surface area (Å²) in [6, 6.07) is 4.82. The average Bonchev–Trinajstić information content (AvgIpc) is 2.72. The lowest BCUT2D eigenvalue weighted by atomic mass is 10.3. The minimum absolute atomic E-state index is 0.0838. The molecule has 0 saturated heterocycles. The lowest BCUT2D eigenvalue weighted by Crippen LogP contribution is -2.13. The first kappa shape index (κ1) is 13.5. The molecule has 0 amide bonds. The Kier molecular flexibility index (Phi) is 3.76. The zero-order valence-electron chi connectivity index (χ0n) is 8.59. The van der Waals surface area contributed by atoms with E-state index in [1.165, 1.54) is 0 Å². The number of anilines is 2. The third-order valence-corrected chi connectivity index (χ3v) is 5.73. The molecule has 0 aliphatic rings. The summed E-state index contributed by atoms with van der Waals surface area (Å²) < 4.78 is 26.5. The SMILES string of the molecule is Nc1nnc(S(=O)(=O)Nc2cccc(Cl)c2Br)s1. The van der Waals surface area contributed by atoms with Crippen molar-refractivity contribution in [1.82, 2.24) is 10.2 Å². The Bertz CT molecular complexity index is 688. The lowest BCUT2D eigenvalue weighted by Gasteiger charge is -2.07. The van der Waals surface area contributed by atoms with Gasteiger partial charge >= 0.3 is 0 Å².